The van der Waals surface area contributed by atoms with Gasteiger partial charge in [-0.15, -0.1) is 11.8 Å². The summed E-state index contributed by atoms with van der Waals surface area (Å²) in [5.74, 6) is 1.60. The fourth-order valence-corrected chi connectivity index (χ4v) is 4.05. The third-order valence-electron chi connectivity index (χ3n) is 4.66. The van der Waals surface area contributed by atoms with E-state index in [0.717, 1.165) is 43.6 Å². The smallest absolute Gasteiger partial charge is 0.142 e. The highest BCUT2D eigenvalue weighted by atomic mass is 35.5. The molecule has 0 aliphatic rings. The van der Waals surface area contributed by atoms with Gasteiger partial charge in [0.25, 0.3) is 0 Å². The molecule has 0 saturated carbocycles. The maximum atomic E-state index is 5.99. The third-order valence-corrected chi connectivity index (χ3v) is 5.99. The fourth-order valence-electron chi connectivity index (χ4n) is 2.98. The van der Waals surface area contributed by atoms with Crippen molar-refractivity contribution in [2.75, 3.05) is 7.11 Å². The summed E-state index contributed by atoms with van der Waals surface area (Å²) >= 11 is 7.66. The molecule has 0 saturated heterocycles. The summed E-state index contributed by atoms with van der Waals surface area (Å²) < 4.78 is 5.18. The molecule has 0 aliphatic heterocycles. The largest absolute Gasteiger partial charge is 0.497 e. The van der Waals surface area contributed by atoms with Gasteiger partial charge in [0, 0.05) is 21.7 Å². The Kier molecular flexibility index (Phi) is 7.07. The van der Waals surface area contributed by atoms with E-state index in [1.54, 1.807) is 25.1 Å². The first-order valence-corrected chi connectivity index (χ1v) is 11.1. The number of thioether (sulfide) groups is 1. The maximum Gasteiger partial charge on any atom is 0.142 e. The van der Waals surface area contributed by atoms with Crippen LogP contribution in [0.1, 0.15) is 16.7 Å². The second kappa shape index (κ2) is 10.3. The Morgan fingerprint density at radius 3 is 2.48 bits per heavy atom. The topological polar surface area (TPSA) is 43.7 Å². The van der Waals surface area contributed by atoms with Crippen LogP contribution in [0.5, 0.6) is 5.75 Å². The molecule has 0 radical (unpaired) electrons. The van der Waals surface area contributed by atoms with E-state index >= 15 is 0 Å². The molecule has 0 unspecified atom stereocenters. The number of nitrogens with zero attached hydrogens (tertiary/aromatic N) is 2. The van der Waals surface area contributed by atoms with Gasteiger partial charge in [-0.2, -0.15) is 0 Å². The van der Waals surface area contributed by atoms with Crippen LogP contribution in [0, 0.1) is 0 Å². The average molecular weight is 449 g/mol. The van der Waals surface area contributed by atoms with Gasteiger partial charge >= 0.3 is 0 Å². The maximum absolute atomic E-state index is 5.99. The summed E-state index contributed by atoms with van der Waals surface area (Å²) in [6.45, 7) is 0.384. The zero-order chi connectivity index (χ0) is 21.5. The summed E-state index contributed by atoms with van der Waals surface area (Å²) in [5.41, 5.74) is 4.08. The number of pyridine rings is 1. The van der Waals surface area contributed by atoms with E-state index in [2.05, 4.69) is 11.2 Å². The molecule has 3 aromatic carbocycles. The minimum Gasteiger partial charge on any atom is -0.497 e. The highest BCUT2D eigenvalue weighted by molar-refractivity contribution is 7.98. The Bertz CT molecular complexity index is 1180. The zero-order valence-corrected chi connectivity index (χ0v) is 18.6. The third kappa shape index (κ3) is 5.78. The van der Waals surface area contributed by atoms with E-state index in [1.807, 2.05) is 72.8 Å². The van der Waals surface area contributed by atoms with Crippen molar-refractivity contribution in [2.45, 2.75) is 17.4 Å². The molecule has 156 valence electrons. The molecule has 0 amide bonds. The summed E-state index contributed by atoms with van der Waals surface area (Å²) in [5, 5.41) is 6.89. The SMILES string of the molecule is COc1ccc(CO/N=C\c2cc3ccccc3nc2SCc2ccc(Cl)cc2)cc1. The number of hydrogen-bond acceptors (Lipinski definition) is 5. The molecule has 0 fully saturated rings. The minimum atomic E-state index is 0.384. The van der Waals surface area contributed by atoms with Crippen molar-refractivity contribution in [3.63, 3.8) is 0 Å². The van der Waals surface area contributed by atoms with Crippen LogP contribution in [0.4, 0.5) is 0 Å². The lowest BCUT2D eigenvalue weighted by Crippen LogP contribution is -1.94. The predicted octanol–water partition coefficient (Wildman–Crippen LogP) is 6.74. The lowest BCUT2D eigenvalue weighted by Gasteiger charge is -2.08. The van der Waals surface area contributed by atoms with Gasteiger partial charge in [-0.25, -0.2) is 4.98 Å². The second-order valence-corrected chi connectivity index (χ2v) is 8.25. The molecule has 4 rings (SSSR count). The molecule has 6 heteroatoms. The van der Waals surface area contributed by atoms with Gasteiger partial charge in [-0.05, 0) is 47.5 Å². The van der Waals surface area contributed by atoms with Crippen LogP contribution >= 0.6 is 23.4 Å². The number of oxime groups is 1. The number of para-hydroxylation sites is 1. The first kappa shape index (κ1) is 21.2. The number of rotatable bonds is 8. The zero-order valence-electron chi connectivity index (χ0n) is 17.0. The van der Waals surface area contributed by atoms with Crippen LogP contribution in [0.15, 0.2) is 89.0 Å². The summed E-state index contributed by atoms with van der Waals surface area (Å²) in [7, 11) is 1.65. The fraction of sp³-hybridized carbons (Fsp3) is 0.120. The van der Waals surface area contributed by atoms with Crippen molar-refractivity contribution in [1.29, 1.82) is 0 Å². The van der Waals surface area contributed by atoms with Crippen molar-refractivity contribution < 1.29 is 9.57 Å². The van der Waals surface area contributed by atoms with Crippen LogP contribution in [0.25, 0.3) is 10.9 Å². The number of benzene rings is 3. The van der Waals surface area contributed by atoms with E-state index in [1.165, 1.54) is 5.56 Å². The van der Waals surface area contributed by atoms with Gasteiger partial charge in [0.2, 0.25) is 0 Å². The highest BCUT2D eigenvalue weighted by Crippen LogP contribution is 2.27. The van der Waals surface area contributed by atoms with Crippen LogP contribution in [0.3, 0.4) is 0 Å². The number of methoxy groups -OCH3 is 1. The first-order chi connectivity index (χ1) is 15.2. The molecule has 31 heavy (non-hydrogen) atoms. The standard InChI is InChI=1S/C25H21ClN2O2S/c1-29-23-12-8-18(9-13-23)16-30-27-15-21-14-20-4-2-3-5-24(20)28-25(21)31-17-19-6-10-22(26)11-7-19/h2-15H,16-17H2,1H3/b27-15-. The predicted molar refractivity (Wildman–Crippen MR) is 128 cm³/mol. The molecule has 4 nitrogen and oxygen atoms in total. The van der Waals surface area contributed by atoms with Gasteiger partial charge < -0.3 is 9.57 Å². The van der Waals surface area contributed by atoms with Crippen LogP contribution in [-0.4, -0.2) is 18.3 Å². The van der Waals surface area contributed by atoms with E-state index in [-0.39, 0.29) is 0 Å². The Balaban J connectivity index is 1.49. The van der Waals surface area contributed by atoms with Gasteiger partial charge in [-0.1, -0.05) is 59.2 Å². The van der Waals surface area contributed by atoms with Crippen molar-refractivity contribution in [3.8, 4) is 5.75 Å². The highest BCUT2D eigenvalue weighted by Gasteiger charge is 2.07. The number of halogens is 1. The van der Waals surface area contributed by atoms with Crippen molar-refractivity contribution in [3.05, 3.63) is 101 Å². The molecule has 0 spiro atoms. The Labute approximate surface area is 190 Å². The van der Waals surface area contributed by atoms with Gasteiger partial charge in [0.15, 0.2) is 0 Å². The summed E-state index contributed by atoms with van der Waals surface area (Å²) in [4.78, 5) is 10.4. The number of hydrogen-bond donors (Lipinski definition) is 0. The lowest BCUT2D eigenvalue weighted by molar-refractivity contribution is 0.132. The lowest BCUT2D eigenvalue weighted by atomic mass is 10.2. The molecule has 4 aromatic rings. The second-order valence-electron chi connectivity index (χ2n) is 6.85. The van der Waals surface area contributed by atoms with Crippen LogP contribution in [-0.2, 0) is 17.2 Å². The first-order valence-electron chi connectivity index (χ1n) is 9.76. The van der Waals surface area contributed by atoms with E-state index in [0.29, 0.717) is 6.61 Å². The van der Waals surface area contributed by atoms with Gasteiger partial charge in [-0.3, -0.25) is 0 Å². The number of aromatic nitrogens is 1. The molecule has 0 bridgehead atoms. The normalized spacial score (nSPS) is 11.2. The molecule has 0 aliphatic carbocycles. The molecular weight excluding hydrogens is 428 g/mol. The molecule has 0 N–H and O–H groups in total. The quantitative estimate of drug-likeness (QED) is 0.170. The van der Waals surface area contributed by atoms with Crippen molar-refractivity contribution in [1.82, 2.24) is 4.98 Å². The molecule has 1 aromatic heterocycles. The van der Waals surface area contributed by atoms with Crippen molar-refractivity contribution in [2.24, 2.45) is 5.16 Å². The Morgan fingerprint density at radius 2 is 1.71 bits per heavy atom. The van der Waals surface area contributed by atoms with Crippen LogP contribution in [0.2, 0.25) is 5.02 Å². The number of fused-ring (bicyclic) bond motifs is 1. The van der Waals surface area contributed by atoms with E-state index in [4.69, 9.17) is 26.2 Å². The molecular formula is C25H21ClN2O2S. The van der Waals surface area contributed by atoms with Gasteiger partial charge in [0.05, 0.1) is 18.8 Å². The average Bonchev–Trinajstić information content (AvgIpc) is 2.81. The summed E-state index contributed by atoms with van der Waals surface area (Å²) in [6, 6.07) is 25.7. The summed E-state index contributed by atoms with van der Waals surface area (Å²) in [6.07, 6.45) is 1.73. The Morgan fingerprint density at radius 1 is 0.968 bits per heavy atom. The van der Waals surface area contributed by atoms with E-state index < -0.39 is 0 Å². The van der Waals surface area contributed by atoms with E-state index in [9.17, 15) is 0 Å². The molecule has 1 heterocycles. The molecule has 0 atom stereocenters. The minimum absolute atomic E-state index is 0.384. The Hall–Kier alpha value is -3.02. The van der Waals surface area contributed by atoms with Crippen molar-refractivity contribution >= 4 is 40.5 Å². The monoisotopic (exact) mass is 448 g/mol. The van der Waals surface area contributed by atoms with Gasteiger partial charge in [0.1, 0.15) is 17.4 Å². The number of ether oxygens (including phenoxy) is 1. The van der Waals surface area contributed by atoms with Crippen LogP contribution < -0.4 is 4.74 Å².